The highest BCUT2D eigenvalue weighted by molar-refractivity contribution is 7.96. The van der Waals surface area contributed by atoms with Crippen molar-refractivity contribution in [1.82, 2.24) is 10.0 Å². The van der Waals surface area contributed by atoms with Crippen molar-refractivity contribution >= 4 is 33.7 Å². The number of thiol groups is 1. The van der Waals surface area contributed by atoms with Gasteiger partial charge in [0, 0.05) is 0 Å². The van der Waals surface area contributed by atoms with Gasteiger partial charge in [-0.25, -0.2) is 12.8 Å². The van der Waals surface area contributed by atoms with Crippen molar-refractivity contribution in [2.75, 3.05) is 0 Å². The molecule has 0 fully saturated rings. The Bertz CT molecular complexity index is 734. The van der Waals surface area contributed by atoms with Crippen LogP contribution in [0.15, 0.2) is 29.2 Å². The number of benzene rings is 1. The summed E-state index contributed by atoms with van der Waals surface area (Å²) in [4.78, 5) is 24.0. The van der Waals surface area contributed by atoms with E-state index in [0.29, 0.717) is 6.42 Å². The quantitative estimate of drug-likeness (QED) is 0.550. The lowest BCUT2D eigenvalue weighted by atomic mass is 10.0. The molecule has 0 unspecified atom stereocenters. The lowest BCUT2D eigenvalue weighted by molar-refractivity contribution is -0.127. The van der Waals surface area contributed by atoms with E-state index in [0.717, 1.165) is 24.3 Å². The number of halogens is 1. The smallest absolute Gasteiger partial charge is 0.241 e. The molecule has 1 amide bonds. The van der Waals surface area contributed by atoms with Crippen molar-refractivity contribution in [1.29, 1.82) is 0 Å². The summed E-state index contributed by atoms with van der Waals surface area (Å²) in [6, 6.07) is 2.39. The third-order valence-electron chi connectivity index (χ3n) is 3.68. The van der Waals surface area contributed by atoms with Crippen LogP contribution < -0.4 is 10.0 Å². The number of amides is 1. The fourth-order valence-corrected chi connectivity index (χ4v) is 3.81. The topological polar surface area (TPSA) is 92.3 Å². The summed E-state index contributed by atoms with van der Waals surface area (Å²) < 4.78 is 40.3. The summed E-state index contributed by atoms with van der Waals surface area (Å²) in [5, 5.41) is 2.07. The lowest BCUT2D eigenvalue weighted by Crippen LogP contribution is -2.53. The maximum atomic E-state index is 13.0. The van der Waals surface area contributed by atoms with E-state index in [4.69, 9.17) is 0 Å². The first-order valence-electron chi connectivity index (χ1n) is 8.25. The predicted octanol–water partition coefficient (Wildman–Crippen LogP) is 2.12. The van der Waals surface area contributed by atoms with E-state index in [1.165, 1.54) is 0 Å². The number of hydrogen-bond acceptors (Lipinski definition) is 4. The van der Waals surface area contributed by atoms with Crippen LogP contribution >= 0.6 is 12.6 Å². The highest BCUT2D eigenvalue weighted by Gasteiger charge is 2.31. The monoisotopic (exact) mass is 404 g/mol. The maximum absolute atomic E-state index is 13.0. The normalized spacial score (nSPS) is 14.3. The van der Waals surface area contributed by atoms with Gasteiger partial charge in [0.2, 0.25) is 21.0 Å². The van der Waals surface area contributed by atoms with E-state index in [1.54, 1.807) is 13.8 Å². The first-order chi connectivity index (χ1) is 11.9. The van der Waals surface area contributed by atoms with Crippen LogP contribution in [0.2, 0.25) is 0 Å². The van der Waals surface area contributed by atoms with Crippen LogP contribution in [0.4, 0.5) is 4.39 Å². The van der Waals surface area contributed by atoms with Gasteiger partial charge in [-0.15, -0.1) is 12.6 Å². The molecule has 0 aliphatic heterocycles. The van der Waals surface area contributed by atoms with Crippen LogP contribution in [0.5, 0.6) is 0 Å². The molecule has 0 radical (unpaired) electrons. The zero-order valence-electron chi connectivity index (χ0n) is 15.2. The molecule has 1 aromatic carbocycles. The second-order valence-electron chi connectivity index (χ2n) is 6.83. The first kappa shape index (κ1) is 22.6. The lowest BCUT2D eigenvalue weighted by Gasteiger charge is -2.25. The van der Waals surface area contributed by atoms with Gasteiger partial charge in [0.15, 0.2) is 0 Å². The molecule has 9 heteroatoms. The fraction of sp³-hybridized carbons (Fsp3) is 0.529. The molecule has 0 aliphatic rings. The number of carbonyl (C=O) groups is 2. The molecule has 0 bridgehead atoms. The Balaban J connectivity index is 2.98. The Morgan fingerprint density at radius 3 is 2.08 bits per heavy atom. The third kappa shape index (κ3) is 6.69. The Kier molecular flexibility index (Phi) is 8.23. The zero-order chi connectivity index (χ0) is 20.1. The van der Waals surface area contributed by atoms with Gasteiger partial charge < -0.3 is 5.32 Å². The second kappa shape index (κ2) is 9.48. The summed E-state index contributed by atoms with van der Waals surface area (Å²) in [6.45, 7) is 7.15. The molecule has 0 aromatic heterocycles. The van der Waals surface area contributed by atoms with E-state index in [2.05, 4.69) is 22.7 Å². The summed E-state index contributed by atoms with van der Waals surface area (Å²) in [5.41, 5.74) is 0. The SMILES string of the molecule is CC(C)C[C@H](NC(=O)[C@@H](NS(=O)(=O)c1ccc(F)cc1)C(C)C)C(=O)S. The summed E-state index contributed by atoms with van der Waals surface area (Å²) in [7, 11) is -4.03. The highest BCUT2D eigenvalue weighted by atomic mass is 32.2. The Morgan fingerprint density at radius 2 is 1.65 bits per heavy atom. The predicted molar refractivity (Wildman–Crippen MR) is 101 cm³/mol. The Morgan fingerprint density at radius 1 is 1.12 bits per heavy atom. The van der Waals surface area contributed by atoms with E-state index >= 15 is 0 Å². The van der Waals surface area contributed by atoms with Crippen LogP contribution in [0.1, 0.15) is 34.1 Å². The van der Waals surface area contributed by atoms with Crippen molar-refractivity contribution in [3.8, 4) is 0 Å². The van der Waals surface area contributed by atoms with Crippen molar-refractivity contribution < 1.29 is 22.4 Å². The Hall–Kier alpha value is -1.45. The molecule has 1 aromatic rings. The van der Waals surface area contributed by atoms with E-state index in [1.807, 2.05) is 13.8 Å². The zero-order valence-corrected chi connectivity index (χ0v) is 16.9. The second-order valence-corrected chi connectivity index (χ2v) is 8.98. The molecule has 0 aliphatic carbocycles. The summed E-state index contributed by atoms with van der Waals surface area (Å²) in [6.07, 6.45) is 0.392. The van der Waals surface area contributed by atoms with Crippen molar-refractivity contribution in [2.45, 2.75) is 51.1 Å². The van der Waals surface area contributed by atoms with Crippen LogP contribution in [-0.2, 0) is 19.6 Å². The maximum Gasteiger partial charge on any atom is 0.241 e. The molecule has 0 saturated heterocycles. The molecular weight excluding hydrogens is 379 g/mol. The number of rotatable bonds is 9. The van der Waals surface area contributed by atoms with Crippen molar-refractivity contribution in [3.63, 3.8) is 0 Å². The van der Waals surface area contributed by atoms with E-state index in [-0.39, 0.29) is 16.7 Å². The molecule has 0 heterocycles. The van der Waals surface area contributed by atoms with Gasteiger partial charge in [0.1, 0.15) is 11.9 Å². The van der Waals surface area contributed by atoms with Gasteiger partial charge in [-0.2, -0.15) is 4.72 Å². The number of sulfonamides is 1. The number of nitrogens with one attached hydrogen (secondary N) is 2. The Labute approximate surface area is 159 Å². The van der Waals surface area contributed by atoms with Gasteiger partial charge in [-0.3, -0.25) is 9.59 Å². The van der Waals surface area contributed by atoms with Crippen LogP contribution in [-0.4, -0.2) is 31.5 Å². The minimum Gasteiger partial charge on any atom is -0.344 e. The third-order valence-corrected chi connectivity index (χ3v) is 5.45. The molecule has 146 valence electrons. The van der Waals surface area contributed by atoms with Crippen molar-refractivity contribution in [3.05, 3.63) is 30.1 Å². The molecular formula is C17H25FN2O4S2. The molecule has 0 saturated carbocycles. The molecule has 2 N–H and O–H groups in total. The van der Waals surface area contributed by atoms with Crippen LogP contribution in [0.3, 0.4) is 0 Å². The van der Waals surface area contributed by atoms with Crippen LogP contribution in [0, 0.1) is 17.7 Å². The minimum atomic E-state index is -4.03. The highest BCUT2D eigenvalue weighted by Crippen LogP contribution is 2.14. The van der Waals surface area contributed by atoms with Gasteiger partial charge in [-0.1, -0.05) is 27.7 Å². The fourth-order valence-electron chi connectivity index (χ4n) is 2.30. The van der Waals surface area contributed by atoms with Crippen molar-refractivity contribution in [2.24, 2.45) is 11.8 Å². The average Bonchev–Trinajstić information content (AvgIpc) is 2.51. The molecule has 2 atom stereocenters. The number of carbonyl (C=O) groups excluding carboxylic acids is 2. The van der Waals surface area contributed by atoms with Crippen LogP contribution in [0.25, 0.3) is 0 Å². The van der Waals surface area contributed by atoms with Gasteiger partial charge in [0.25, 0.3) is 0 Å². The molecule has 1 rings (SSSR count). The minimum absolute atomic E-state index is 0.143. The largest absolute Gasteiger partial charge is 0.344 e. The van der Waals surface area contributed by atoms with Gasteiger partial charge >= 0.3 is 0 Å². The van der Waals surface area contributed by atoms with E-state index < -0.39 is 38.9 Å². The van der Waals surface area contributed by atoms with E-state index in [9.17, 15) is 22.4 Å². The molecule has 0 spiro atoms. The first-order valence-corrected chi connectivity index (χ1v) is 10.2. The van der Waals surface area contributed by atoms with Gasteiger partial charge in [-0.05, 0) is 42.5 Å². The molecule has 26 heavy (non-hydrogen) atoms. The number of hydrogen-bond donors (Lipinski definition) is 3. The average molecular weight is 405 g/mol. The van der Waals surface area contributed by atoms with Gasteiger partial charge in [0.05, 0.1) is 10.9 Å². The molecule has 6 nitrogen and oxygen atoms in total. The standard InChI is InChI=1S/C17H25FN2O4S2/c1-10(2)9-14(17(22)25)19-16(21)15(11(3)4)20-26(23,24)13-7-5-12(18)6-8-13/h5-8,10-11,14-15,20H,9H2,1-4H3,(H,19,21)(H,22,25)/t14-,15-/m0/s1. The summed E-state index contributed by atoms with van der Waals surface area (Å²) in [5.74, 6) is -1.41. The summed E-state index contributed by atoms with van der Waals surface area (Å²) >= 11 is 3.79.